The second-order valence-electron chi connectivity index (χ2n) is 9.97. The van der Waals surface area contributed by atoms with Crippen molar-refractivity contribution in [1.29, 1.82) is 0 Å². The quantitative estimate of drug-likeness (QED) is 0.0204. The number of carboxylic acids is 3. The van der Waals surface area contributed by atoms with Crippen LogP contribution in [0.15, 0.2) is 4.99 Å². The molecule has 0 saturated carbocycles. The SMILES string of the molecule is NCCCC[C@H](NC(=O)[C@H](CCC(=O)O)NC(=O)[C@H](CS)NC(=O)[C@@H](N)CCC(=O)O)C(=O)N[C@@H](CCCN=C(N)N)C(=O)O. The summed E-state index contributed by atoms with van der Waals surface area (Å²) in [5.41, 5.74) is 21.7. The summed E-state index contributed by atoms with van der Waals surface area (Å²) in [6, 6.07) is -6.70. The lowest BCUT2D eigenvalue weighted by molar-refractivity contribution is -0.142. The second-order valence-corrected chi connectivity index (χ2v) is 10.3. The molecule has 4 amide bonds. The number of thiol groups is 1. The molecule has 0 aromatic rings. The van der Waals surface area contributed by atoms with Gasteiger partial charge in [-0.15, -0.1) is 0 Å². The van der Waals surface area contributed by atoms with Gasteiger partial charge in [0.1, 0.15) is 24.2 Å². The molecule has 0 bridgehead atoms. The Morgan fingerprint density at radius 3 is 1.60 bits per heavy atom. The van der Waals surface area contributed by atoms with Gasteiger partial charge in [-0.2, -0.15) is 12.6 Å². The number of nitrogens with two attached hydrogens (primary N) is 4. The number of nitrogens with one attached hydrogen (secondary N) is 4. The first-order chi connectivity index (χ1) is 21.1. The summed E-state index contributed by atoms with van der Waals surface area (Å²) in [7, 11) is 0. The molecule has 0 aromatic heterocycles. The number of aliphatic carboxylic acids is 3. The van der Waals surface area contributed by atoms with Crippen molar-refractivity contribution < 1.29 is 48.9 Å². The van der Waals surface area contributed by atoms with Gasteiger partial charge in [0, 0.05) is 25.1 Å². The average molecular weight is 664 g/mol. The number of aliphatic imine (C=N–C) groups is 1. The summed E-state index contributed by atoms with van der Waals surface area (Å²) < 4.78 is 0. The summed E-state index contributed by atoms with van der Waals surface area (Å²) in [5.74, 6) is -7.80. The van der Waals surface area contributed by atoms with Gasteiger partial charge in [0.25, 0.3) is 0 Å². The molecule has 5 atom stereocenters. The molecule has 0 heterocycles. The van der Waals surface area contributed by atoms with Crippen LogP contribution in [-0.4, -0.2) is 112 Å². The highest BCUT2D eigenvalue weighted by Crippen LogP contribution is 2.07. The number of nitrogens with zero attached hydrogens (tertiary/aromatic N) is 1. The third-order valence-corrected chi connectivity index (χ3v) is 6.61. The molecule has 45 heavy (non-hydrogen) atoms. The Kier molecular flexibility index (Phi) is 20.3. The highest BCUT2D eigenvalue weighted by molar-refractivity contribution is 7.80. The maximum atomic E-state index is 13.3. The van der Waals surface area contributed by atoms with E-state index in [0.29, 0.717) is 12.8 Å². The molecule has 0 aliphatic rings. The first kappa shape index (κ1) is 40.8. The summed E-state index contributed by atoms with van der Waals surface area (Å²) in [4.78, 5) is 89.2. The number of carbonyl (C=O) groups is 7. The number of hydrogen-bond acceptors (Lipinski definition) is 11. The van der Waals surface area contributed by atoms with Crippen LogP contribution in [0, 0.1) is 0 Å². The fraction of sp³-hybridized carbons (Fsp3) is 0.680. The minimum absolute atomic E-state index is 0.0323. The minimum atomic E-state index is -1.49. The van der Waals surface area contributed by atoms with E-state index in [4.69, 9.17) is 33.1 Å². The zero-order valence-corrected chi connectivity index (χ0v) is 25.7. The molecule has 0 aromatic carbocycles. The van der Waals surface area contributed by atoms with Crippen LogP contribution in [0.25, 0.3) is 0 Å². The van der Waals surface area contributed by atoms with Gasteiger partial charge in [0.05, 0.1) is 6.04 Å². The molecule has 0 unspecified atom stereocenters. The molecule has 0 fully saturated rings. The number of carbonyl (C=O) groups excluding carboxylic acids is 4. The van der Waals surface area contributed by atoms with Gasteiger partial charge < -0.3 is 59.5 Å². The zero-order chi connectivity index (χ0) is 34.5. The number of amides is 4. The third-order valence-electron chi connectivity index (χ3n) is 6.24. The summed E-state index contributed by atoms with van der Waals surface area (Å²) >= 11 is 4.02. The molecule has 0 aliphatic carbocycles. The summed E-state index contributed by atoms with van der Waals surface area (Å²) in [6.45, 7) is 0.393. The van der Waals surface area contributed by atoms with Crippen molar-refractivity contribution in [2.45, 2.75) is 88.0 Å². The molecule has 20 heteroatoms. The molecule has 0 aliphatic heterocycles. The highest BCUT2D eigenvalue weighted by Gasteiger charge is 2.31. The summed E-state index contributed by atoms with van der Waals surface area (Å²) in [6.07, 6.45) is -0.511. The Labute approximate surface area is 265 Å². The molecule has 0 rings (SSSR count). The third kappa shape index (κ3) is 18.3. The molecular formula is C25H45N9O10S. The van der Waals surface area contributed by atoms with Crippen molar-refractivity contribution in [3.8, 4) is 0 Å². The Morgan fingerprint density at radius 1 is 0.644 bits per heavy atom. The lowest BCUT2D eigenvalue weighted by Gasteiger charge is -2.26. The van der Waals surface area contributed by atoms with E-state index in [9.17, 15) is 38.7 Å². The predicted octanol–water partition coefficient (Wildman–Crippen LogP) is -3.82. The van der Waals surface area contributed by atoms with Crippen LogP contribution in [0.1, 0.15) is 57.8 Å². The van der Waals surface area contributed by atoms with Gasteiger partial charge in [-0.1, -0.05) is 0 Å². The van der Waals surface area contributed by atoms with Gasteiger partial charge in [0.2, 0.25) is 23.6 Å². The topological polar surface area (TPSA) is 345 Å². The van der Waals surface area contributed by atoms with Gasteiger partial charge in [-0.3, -0.25) is 33.8 Å². The lowest BCUT2D eigenvalue weighted by atomic mass is 10.0. The van der Waals surface area contributed by atoms with E-state index >= 15 is 0 Å². The second kappa shape index (κ2) is 22.4. The van der Waals surface area contributed by atoms with Crippen LogP contribution >= 0.6 is 12.6 Å². The van der Waals surface area contributed by atoms with E-state index in [-0.39, 0.29) is 50.5 Å². The zero-order valence-electron chi connectivity index (χ0n) is 24.8. The number of rotatable bonds is 24. The normalized spacial score (nSPS) is 14.0. The van der Waals surface area contributed by atoms with E-state index in [1.807, 2.05) is 0 Å². The average Bonchev–Trinajstić information content (AvgIpc) is 2.96. The first-order valence-corrected chi connectivity index (χ1v) is 14.8. The number of hydrogen-bond donors (Lipinski definition) is 12. The van der Waals surface area contributed by atoms with E-state index in [1.54, 1.807) is 0 Å². The molecule has 0 saturated heterocycles. The largest absolute Gasteiger partial charge is 0.481 e. The molecule has 19 nitrogen and oxygen atoms in total. The predicted molar refractivity (Wildman–Crippen MR) is 164 cm³/mol. The number of guanidine groups is 1. The maximum absolute atomic E-state index is 13.3. The first-order valence-electron chi connectivity index (χ1n) is 14.1. The standard InChI is InChI=1S/C25H45N9O10S/c26-10-2-1-4-14(21(40)33-16(24(43)44)5-3-11-30-25(28)29)31-22(41)15(7-9-19(37)38)32-23(42)17(12-45)34-20(39)13(27)6-8-18(35)36/h13-17,45H,1-12,26-27H2,(H,31,41)(H,32,42)(H,33,40)(H,34,39)(H,35,36)(H,37,38)(H,43,44)(H4,28,29,30)/t13-,14-,15-,16-,17-/m0/s1. The smallest absolute Gasteiger partial charge is 0.326 e. The van der Waals surface area contributed by atoms with Gasteiger partial charge in [0.15, 0.2) is 5.96 Å². The molecule has 15 N–H and O–H groups in total. The van der Waals surface area contributed by atoms with Crippen molar-refractivity contribution in [3.63, 3.8) is 0 Å². The lowest BCUT2D eigenvalue weighted by Crippen LogP contribution is -2.59. The van der Waals surface area contributed by atoms with Crippen LogP contribution in [0.3, 0.4) is 0 Å². The van der Waals surface area contributed by atoms with Gasteiger partial charge in [-0.25, -0.2) is 4.79 Å². The number of unbranched alkanes of at least 4 members (excludes halogenated alkanes) is 1. The Morgan fingerprint density at radius 2 is 1.11 bits per heavy atom. The van der Waals surface area contributed by atoms with E-state index in [0.717, 1.165) is 0 Å². The van der Waals surface area contributed by atoms with Gasteiger partial charge >= 0.3 is 17.9 Å². The Hall–Kier alpha value is -4.17. The van der Waals surface area contributed by atoms with Crippen LogP contribution in [0.5, 0.6) is 0 Å². The molecule has 256 valence electrons. The van der Waals surface area contributed by atoms with Crippen LogP contribution in [0.2, 0.25) is 0 Å². The molecule has 0 spiro atoms. The monoisotopic (exact) mass is 663 g/mol. The fourth-order valence-corrected chi connectivity index (χ4v) is 4.02. The van der Waals surface area contributed by atoms with Crippen LogP contribution < -0.4 is 44.2 Å². The van der Waals surface area contributed by atoms with Crippen LogP contribution in [-0.2, 0) is 33.6 Å². The Bertz CT molecular complexity index is 1060. The summed E-state index contributed by atoms with van der Waals surface area (Å²) in [5, 5.41) is 37.0. The van der Waals surface area contributed by atoms with Crippen molar-refractivity contribution >= 4 is 60.1 Å². The molecular weight excluding hydrogens is 618 g/mol. The molecule has 0 radical (unpaired) electrons. The van der Waals surface area contributed by atoms with Gasteiger partial charge in [-0.05, 0) is 51.5 Å². The van der Waals surface area contributed by atoms with Crippen LogP contribution in [0.4, 0.5) is 0 Å². The van der Waals surface area contributed by atoms with E-state index in [1.165, 1.54) is 0 Å². The maximum Gasteiger partial charge on any atom is 0.326 e. The minimum Gasteiger partial charge on any atom is -0.481 e. The van der Waals surface area contributed by atoms with Crippen molar-refractivity contribution in [3.05, 3.63) is 0 Å². The Balaban J connectivity index is 5.76. The van der Waals surface area contributed by atoms with E-state index in [2.05, 4.69) is 38.9 Å². The van der Waals surface area contributed by atoms with Crippen molar-refractivity contribution in [2.75, 3.05) is 18.8 Å². The van der Waals surface area contributed by atoms with Crippen molar-refractivity contribution in [2.24, 2.45) is 27.9 Å². The van der Waals surface area contributed by atoms with Crippen molar-refractivity contribution in [1.82, 2.24) is 21.3 Å². The number of carboxylic acid groups (broad SMARTS) is 3. The highest BCUT2D eigenvalue weighted by atomic mass is 32.1. The fourth-order valence-electron chi connectivity index (χ4n) is 3.76. The van der Waals surface area contributed by atoms with E-state index < -0.39 is 91.0 Å².